The summed E-state index contributed by atoms with van der Waals surface area (Å²) in [5.74, 6) is 0. The van der Waals surface area contributed by atoms with E-state index in [1.807, 2.05) is 0 Å². The maximum Gasteiger partial charge on any atom is 0.414 e. The molecule has 0 aromatic heterocycles. The maximum atomic E-state index is 11.4. The Morgan fingerprint density at radius 1 is 1.15 bits per heavy atom. The monoisotopic (exact) mass is 385 g/mol. The Kier molecular flexibility index (Phi) is 16.2. The van der Waals surface area contributed by atoms with Crippen molar-refractivity contribution in [3.8, 4) is 0 Å². The smallest absolute Gasteiger partial charge is 0.393 e. The van der Waals surface area contributed by atoms with Crippen molar-refractivity contribution in [3.05, 3.63) is 14.9 Å². The molecule has 0 aromatic rings. The average molecular weight is 385 g/mol. The van der Waals surface area contributed by atoms with Crippen molar-refractivity contribution in [2.75, 3.05) is 0 Å². The van der Waals surface area contributed by atoms with E-state index in [2.05, 4.69) is 0 Å². The molecule has 2 N–H and O–H groups in total. The SMILES string of the molecule is CC(O)CC(O)C(F)(F)F.[Au].[CH3-].[CH3-]. The molecule has 0 saturated carbocycles. The van der Waals surface area contributed by atoms with Gasteiger partial charge in [0.15, 0.2) is 6.10 Å². The molecule has 0 spiro atoms. The van der Waals surface area contributed by atoms with Gasteiger partial charge in [-0.15, -0.1) is 0 Å². The first kappa shape index (κ1) is 23.3. The van der Waals surface area contributed by atoms with Crippen LogP contribution in [0.25, 0.3) is 0 Å². The third kappa shape index (κ3) is 12.5. The Morgan fingerprint density at radius 2 is 1.46 bits per heavy atom. The molecule has 2 unspecified atom stereocenters. The van der Waals surface area contributed by atoms with Gasteiger partial charge in [0.25, 0.3) is 0 Å². The number of hydrogen-bond donors (Lipinski definition) is 2. The van der Waals surface area contributed by atoms with E-state index < -0.39 is 24.8 Å². The van der Waals surface area contributed by atoms with Crippen LogP contribution in [0.4, 0.5) is 13.2 Å². The summed E-state index contributed by atoms with van der Waals surface area (Å²) < 4.78 is 34.3. The molecule has 2 atom stereocenters. The summed E-state index contributed by atoms with van der Waals surface area (Å²) in [6.07, 6.45) is -8.82. The number of rotatable bonds is 2. The third-order valence-corrected chi connectivity index (χ3v) is 0.942. The van der Waals surface area contributed by atoms with Crippen molar-refractivity contribution in [1.82, 2.24) is 0 Å². The number of aliphatic hydroxyl groups is 2. The van der Waals surface area contributed by atoms with E-state index in [1.54, 1.807) is 0 Å². The summed E-state index contributed by atoms with van der Waals surface area (Å²) >= 11 is 0. The van der Waals surface area contributed by atoms with Crippen molar-refractivity contribution in [2.45, 2.75) is 31.7 Å². The largest absolute Gasteiger partial charge is 0.414 e. The van der Waals surface area contributed by atoms with E-state index >= 15 is 0 Å². The Labute approximate surface area is 92.7 Å². The zero-order chi connectivity index (χ0) is 8.36. The van der Waals surface area contributed by atoms with Crippen molar-refractivity contribution < 1.29 is 45.8 Å². The van der Waals surface area contributed by atoms with Gasteiger partial charge in [-0.2, -0.15) is 13.2 Å². The molecular formula is C7H15AuF3O2-2. The molecular weight excluding hydrogens is 370 g/mol. The Bertz CT molecular complexity index is 106. The fourth-order valence-electron chi connectivity index (χ4n) is 0.457. The first-order valence-electron chi connectivity index (χ1n) is 2.77. The molecule has 13 heavy (non-hydrogen) atoms. The second-order valence-electron chi connectivity index (χ2n) is 2.14. The Morgan fingerprint density at radius 3 is 1.54 bits per heavy atom. The van der Waals surface area contributed by atoms with Crippen LogP contribution in [0.2, 0.25) is 0 Å². The molecule has 0 aromatic carbocycles. The second-order valence-corrected chi connectivity index (χ2v) is 2.14. The van der Waals surface area contributed by atoms with Crippen molar-refractivity contribution in [2.24, 2.45) is 0 Å². The van der Waals surface area contributed by atoms with Gasteiger partial charge in [-0.25, -0.2) is 0 Å². The topological polar surface area (TPSA) is 40.5 Å². The third-order valence-electron chi connectivity index (χ3n) is 0.942. The van der Waals surface area contributed by atoms with Gasteiger partial charge in [-0.1, -0.05) is 0 Å². The van der Waals surface area contributed by atoms with Crippen LogP contribution >= 0.6 is 0 Å². The summed E-state index contributed by atoms with van der Waals surface area (Å²) in [5, 5.41) is 16.7. The standard InChI is InChI=1S/C5H9F3O2.2CH3.Au/c1-3(9)2-4(10)5(6,7)8;;;/h3-4,9-10H,2H2,1H3;2*1H3;/q;2*-1;. The maximum absolute atomic E-state index is 11.4. The van der Waals surface area contributed by atoms with Crippen molar-refractivity contribution in [1.29, 1.82) is 0 Å². The predicted molar refractivity (Wildman–Crippen MR) is 41.2 cm³/mol. The Hall–Kier alpha value is 0.450. The van der Waals surface area contributed by atoms with Crippen LogP contribution in [-0.4, -0.2) is 28.6 Å². The molecule has 0 aliphatic heterocycles. The Balaban J connectivity index is -0.000000135. The molecule has 0 fully saturated rings. The van der Waals surface area contributed by atoms with Crippen LogP contribution in [0.5, 0.6) is 0 Å². The van der Waals surface area contributed by atoms with Crippen LogP contribution in [0.15, 0.2) is 0 Å². The van der Waals surface area contributed by atoms with Crippen molar-refractivity contribution in [3.63, 3.8) is 0 Å². The predicted octanol–water partition coefficient (Wildman–Crippen LogP) is 1.58. The van der Waals surface area contributed by atoms with Gasteiger partial charge in [-0.05, 0) is 6.92 Å². The summed E-state index contributed by atoms with van der Waals surface area (Å²) in [6, 6.07) is 0. The van der Waals surface area contributed by atoms with E-state index in [0.29, 0.717) is 0 Å². The molecule has 0 amide bonds. The fraction of sp³-hybridized carbons (Fsp3) is 0.714. The van der Waals surface area contributed by atoms with Gasteiger partial charge in [0.2, 0.25) is 0 Å². The molecule has 0 heterocycles. The molecule has 1 radical (unpaired) electrons. The fourth-order valence-corrected chi connectivity index (χ4v) is 0.457. The summed E-state index contributed by atoms with van der Waals surface area (Å²) in [4.78, 5) is 0. The molecule has 0 bridgehead atoms. The minimum atomic E-state index is -4.61. The minimum absolute atomic E-state index is 0. The van der Waals surface area contributed by atoms with E-state index in [4.69, 9.17) is 10.2 Å². The normalized spacial score (nSPS) is 14.3. The number of halogens is 3. The summed E-state index contributed by atoms with van der Waals surface area (Å²) in [6.45, 7) is 1.19. The van der Waals surface area contributed by atoms with Gasteiger partial charge in [0, 0.05) is 28.8 Å². The van der Waals surface area contributed by atoms with Gasteiger partial charge in [0.1, 0.15) is 0 Å². The second kappa shape index (κ2) is 9.02. The van der Waals surface area contributed by atoms with Gasteiger partial charge in [0.05, 0.1) is 6.10 Å². The molecule has 0 aliphatic rings. The van der Waals surface area contributed by atoms with E-state index in [1.165, 1.54) is 6.92 Å². The zero-order valence-corrected chi connectivity index (χ0v) is 9.86. The first-order valence-corrected chi connectivity index (χ1v) is 2.77. The van der Waals surface area contributed by atoms with Gasteiger partial charge < -0.3 is 25.1 Å². The van der Waals surface area contributed by atoms with Crippen LogP contribution in [0.1, 0.15) is 13.3 Å². The molecule has 89 valence electrons. The van der Waals surface area contributed by atoms with Gasteiger partial charge >= 0.3 is 6.18 Å². The quantitative estimate of drug-likeness (QED) is 0.560. The molecule has 0 aliphatic carbocycles. The molecule has 2 nitrogen and oxygen atoms in total. The molecule has 0 saturated heterocycles. The molecule has 0 rings (SSSR count). The number of alkyl halides is 3. The molecule has 6 heteroatoms. The first-order chi connectivity index (χ1) is 4.34. The zero-order valence-electron chi connectivity index (χ0n) is 7.69. The van der Waals surface area contributed by atoms with Crippen LogP contribution in [0.3, 0.4) is 0 Å². The van der Waals surface area contributed by atoms with E-state index in [-0.39, 0.29) is 37.2 Å². The average Bonchev–Trinajstić information content (AvgIpc) is 1.60. The van der Waals surface area contributed by atoms with E-state index in [0.717, 1.165) is 0 Å². The van der Waals surface area contributed by atoms with E-state index in [9.17, 15) is 13.2 Å². The summed E-state index contributed by atoms with van der Waals surface area (Å²) in [5.41, 5.74) is 0. The van der Waals surface area contributed by atoms with Crippen LogP contribution in [0, 0.1) is 14.9 Å². The van der Waals surface area contributed by atoms with Crippen LogP contribution < -0.4 is 0 Å². The minimum Gasteiger partial charge on any atom is -0.393 e. The summed E-state index contributed by atoms with van der Waals surface area (Å²) in [7, 11) is 0. The number of hydrogen-bond acceptors (Lipinski definition) is 2. The van der Waals surface area contributed by atoms with Crippen LogP contribution in [-0.2, 0) is 22.4 Å². The van der Waals surface area contributed by atoms with Crippen molar-refractivity contribution >= 4 is 0 Å². The number of aliphatic hydroxyl groups excluding tert-OH is 2. The van der Waals surface area contributed by atoms with Gasteiger partial charge in [-0.3, -0.25) is 0 Å².